The molecule has 0 aromatic rings. The SMILES string of the molecule is CCCC1(C(=O)N2CCSC(CC)C2)CCNCC1. The number of nitrogens with zero attached hydrogens (tertiary/aromatic N) is 1. The van der Waals surface area contributed by atoms with Crippen molar-refractivity contribution < 1.29 is 4.79 Å². The van der Waals surface area contributed by atoms with E-state index in [0.29, 0.717) is 11.2 Å². The molecular formula is C15H28N2OS. The van der Waals surface area contributed by atoms with Gasteiger partial charge in [-0.15, -0.1) is 0 Å². The fourth-order valence-electron chi connectivity index (χ4n) is 3.44. The number of hydrogen-bond acceptors (Lipinski definition) is 3. The number of thioether (sulfide) groups is 1. The molecule has 0 aliphatic carbocycles. The van der Waals surface area contributed by atoms with Crippen LogP contribution >= 0.6 is 11.8 Å². The number of piperidine rings is 1. The maximum absolute atomic E-state index is 13.0. The topological polar surface area (TPSA) is 32.3 Å². The molecule has 0 bridgehead atoms. The summed E-state index contributed by atoms with van der Waals surface area (Å²) in [5, 5.41) is 4.05. The van der Waals surface area contributed by atoms with Gasteiger partial charge in [0.2, 0.25) is 5.91 Å². The van der Waals surface area contributed by atoms with Crippen molar-refractivity contribution in [3.8, 4) is 0 Å². The van der Waals surface area contributed by atoms with Crippen molar-refractivity contribution in [1.29, 1.82) is 0 Å². The van der Waals surface area contributed by atoms with E-state index in [1.165, 1.54) is 6.42 Å². The number of carbonyl (C=O) groups excluding carboxylic acids is 1. The number of rotatable bonds is 4. The van der Waals surface area contributed by atoms with Crippen LogP contribution in [0.25, 0.3) is 0 Å². The van der Waals surface area contributed by atoms with Gasteiger partial charge in [-0.25, -0.2) is 0 Å². The van der Waals surface area contributed by atoms with E-state index in [0.717, 1.165) is 57.6 Å². The van der Waals surface area contributed by atoms with Crippen molar-refractivity contribution in [2.75, 3.05) is 31.9 Å². The molecule has 1 N–H and O–H groups in total. The Kier molecular flexibility index (Phi) is 5.58. The lowest BCUT2D eigenvalue weighted by atomic mass is 9.74. The van der Waals surface area contributed by atoms with Crippen LogP contribution in [0.4, 0.5) is 0 Å². The second kappa shape index (κ2) is 6.98. The zero-order chi connectivity index (χ0) is 13.7. The normalized spacial score (nSPS) is 27.3. The molecule has 1 atom stereocenters. The van der Waals surface area contributed by atoms with Gasteiger partial charge in [-0.2, -0.15) is 11.8 Å². The van der Waals surface area contributed by atoms with Crippen LogP contribution in [0.15, 0.2) is 0 Å². The van der Waals surface area contributed by atoms with E-state index in [-0.39, 0.29) is 5.41 Å². The summed E-state index contributed by atoms with van der Waals surface area (Å²) in [6.45, 7) is 8.38. The Bertz CT molecular complexity index is 297. The van der Waals surface area contributed by atoms with Crippen molar-refractivity contribution in [2.24, 2.45) is 5.41 Å². The molecule has 4 heteroatoms. The third-order valence-corrected chi connectivity index (χ3v) is 6.00. The molecule has 3 nitrogen and oxygen atoms in total. The minimum Gasteiger partial charge on any atom is -0.340 e. The molecule has 2 aliphatic rings. The Hall–Kier alpha value is -0.220. The average molecular weight is 284 g/mol. The number of nitrogens with one attached hydrogen (secondary N) is 1. The highest BCUT2D eigenvalue weighted by molar-refractivity contribution is 8.00. The van der Waals surface area contributed by atoms with Crippen molar-refractivity contribution in [2.45, 2.75) is 51.2 Å². The van der Waals surface area contributed by atoms with Gasteiger partial charge in [0.25, 0.3) is 0 Å². The van der Waals surface area contributed by atoms with Gasteiger partial charge in [0.05, 0.1) is 5.41 Å². The maximum atomic E-state index is 13.0. The standard InChI is InChI=1S/C15H28N2OS/c1-3-5-15(6-8-16-9-7-15)14(18)17-10-11-19-13(4-2)12-17/h13,16H,3-12H2,1-2H3. The van der Waals surface area contributed by atoms with Gasteiger partial charge < -0.3 is 10.2 Å². The Morgan fingerprint density at radius 3 is 2.74 bits per heavy atom. The van der Waals surface area contributed by atoms with E-state index >= 15 is 0 Å². The molecule has 2 rings (SSSR count). The molecule has 0 radical (unpaired) electrons. The van der Waals surface area contributed by atoms with Gasteiger partial charge >= 0.3 is 0 Å². The van der Waals surface area contributed by atoms with Crippen LogP contribution < -0.4 is 5.32 Å². The molecule has 0 spiro atoms. The van der Waals surface area contributed by atoms with E-state index < -0.39 is 0 Å². The molecule has 2 saturated heterocycles. The largest absolute Gasteiger partial charge is 0.340 e. The van der Waals surface area contributed by atoms with Crippen LogP contribution in [0.1, 0.15) is 46.0 Å². The van der Waals surface area contributed by atoms with Gasteiger partial charge in [-0.1, -0.05) is 20.3 Å². The molecule has 0 aromatic heterocycles. The summed E-state index contributed by atoms with van der Waals surface area (Å²) < 4.78 is 0. The van der Waals surface area contributed by atoms with Gasteiger partial charge in [-0.05, 0) is 38.8 Å². The zero-order valence-electron chi connectivity index (χ0n) is 12.4. The average Bonchev–Trinajstić information content (AvgIpc) is 2.48. The second-order valence-electron chi connectivity index (χ2n) is 5.93. The monoisotopic (exact) mass is 284 g/mol. The van der Waals surface area contributed by atoms with E-state index in [9.17, 15) is 4.79 Å². The lowest BCUT2D eigenvalue weighted by Gasteiger charge is -2.42. The summed E-state index contributed by atoms with van der Waals surface area (Å²) in [4.78, 5) is 15.2. The van der Waals surface area contributed by atoms with Crippen molar-refractivity contribution in [1.82, 2.24) is 10.2 Å². The van der Waals surface area contributed by atoms with Crippen molar-refractivity contribution in [3.63, 3.8) is 0 Å². The van der Waals surface area contributed by atoms with E-state index in [1.54, 1.807) is 0 Å². The van der Waals surface area contributed by atoms with Crippen molar-refractivity contribution >= 4 is 17.7 Å². The maximum Gasteiger partial charge on any atom is 0.228 e. The van der Waals surface area contributed by atoms with Gasteiger partial charge in [0.1, 0.15) is 0 Å². The molecule has 19 heavy (non-hydrogen) atoms. The van der Waals surface area contributed by atoms with Crippen LogP contribution in [-0.2, 0) is 4.79 Å². The lowest BCUT2D eigenvalue weighted by Crippen LogP contribution is -2.52. The van der Waals surface area contributed by atoms with Crippen molar-refractivity contribution in [3.05, 3.63) is 0 Å². The first kappa shape index (κ1) is 15.2. The predicted octanol–water partition coefficient (Wildman–Crippen LogP) is 2.51. The Labute approximate surface area is 121 Å². The third-order valence-electron chi connectivity index (χ3n) is 4.62. The van der Waals surface area contributed by atoms with Crippen LogP contribution in [-0.4, -0.2) is 48.0 Å². The molecule has 2 heterocycles. The summed E-state index contributed by atoms with van der Waals surface area (Å²) in [5.41, 5.74) is -0.0553. The Balaban J connectivity index is 2.05. The molecule has 110 valence electrons. The highest BCUT2D eigenvalue weighted by Crippen LogP contribution is 2.37. The quantitative estimate of drug-likeness (QED) is 0.861. The first-order valence-corrected chi connectivity index (χ1v) is 8.88. The van der Waals surface area contributed by atoms with E-state index in [2.05, 4.69) is 24.1 Å². The lowest BCUT2D eigenvalue weighted by molar-refractivity contribution is -0.144. The molecule has 2 aliphatic heterocycles. The minimum atomic E-state index is -0.0553. The van der Waals surface area contributed by atoms with Crippen LogP contribution in [0.2, 0.25) is 0 Å². The summed E-state index contributed by atoms with van der Waals surface area (Å²) in [7, 11) is 0. The first-order chi connectivity index (χ1) is 9.22. The molecule has 2 fully saturated rings. The highest BCUT2D eigenvalue weighted by atomic mass is 32.2. The Morgan fingerprint density at radius 2 is 2.11 bits per heavy atom. The summed E-state index contributed by atoms with van der Waals surface area (Å²) in [6.07, 6.45) is 5.41. The zero-order valence-corrected chi connectivity index (χ0v) is 13.2. The molecule has 0 aromatic carbocycles. The minimum absolute atomic E-state index is 0.0553. The molecule has 0 saturated carbocycles. The number of hydrogen-bond donors (Lipinski definition) is 1. The summed E-state index contributed by atoms with van der Waals surface area (Å²) in [5.74, 6) is 1.57. The highest BCUT2D eigenvalue weighted by Gasteiger charge is 2.42. The first-order valence-electron chi connectivity index (χ1n) is 7.83. The second-order valence-corrected chi connectivity index (χ2v) is 7.34. The molecule has 1 unspecified atom stereocenters. The number of carbonyl (C=O) groups is 1. The molecule has 1 amide bonds. The fraction of sp³-hybridized carbons (Fsp3) is 0.933. The van der Waals surface area contributed by atoms with Crippen LogP contribution in [0, 0.1) is 5.41 Å². The summed E-state index contributed by atoms with van der Waals surface area (Å²) in [6, 6.07) is 0. The van der Waals surface area contributed by atoms with E-state index in [4.69, 9.17) is 0 Å². The number of amides is 1. The fourth-order valence-corrected chi connectivity index (χ4v) is 4.62. The third kappa shape index (κ3) is 3.46. The Morgan fingerprint density at radius 1 is 1.37 bits per heavy atom. The smallest absolute Gasteiger partial charge is 0.228 e. The van der Waals surface area contributed by atoms with Gasteiger partial charge in [0.15, 0.2) is 0 Å². The molecular weight excluding hydrogens is 256 g/mol. The summed E-state index contributed by atoms with van der Waals surface area (Å²) >= 11 is 2.04. The van der Waals surface area contributed by atoms with Gasteiger partial charge in [0, 0.05) is 24.1 Å². The van der Waals surface area contributed by atoms with Crippen LogP contribution in [0.5, 0.6) is 0 Å². The van der Waals surface area contributed by atoms with Gasteiger partial charge in [-0.3, -0.25) is 4.79 Å². The van der Waals surface area contributed by atoms with Crippen LogP contribution in [0.3, 0.4) is 0 Å². The van der Waals surface area contributed by atoms with E-state index in [1.807, 2.05) is 11.8 Å². The predicted molar refractivity (Wildman–Crippen MR) is 82.6 cm³/mol.